The number of rotatable bonds is 4. The molecule has 1 aliphatic heterocycles. The number of aliphatic hydroxyl groups excluding tert-OH is 1. The minimum atomic E-state index is 0.0221. The standard InChI is InChI=1S/C15H22O2/c1-11(2)14(8-16)15(9-17-10-15)13-7-5-4-6-12(13)3/h4-7,11,14,16H,8-10H2,1-3H3. The number of benzene rings is 1. The van der Waals surface area contributed by atoms with Crippen LogP contribution in [0.3, 0.4) is 0 Å². The van der Waals surface area contributed by atoms with Crippen molar-refractivity contribution in [2.45, 2.75) is 26.2 Å². The summed E-state index contributed by atoms with van der Waals surface area (Å²) in [7, 11) is 0. The van der Waals surface area contributed by atoms with Crippen LogP contribution in [0.5, 0.6) is 0 Å². The highest BCUT2D eigenvalue weighted by atomic mass is 16.5. The summed E-state index contributed by atoms with van der Waals surface area (Å²) >= 11 is 0. The van der Waals surface area contributed by atoms with Crippen molar-refractivity contribution in [1.82, 2.24) is 0 Å². The van der Waals surface area contributed by atoms with Crippen LogP contribution in [-0.2, 0) is 10.2 Å². The average Bonchev–Trinajstić information content (AvgIpc) is 2.24. The van der Waals surface area contributed by atoms with Gasteiger partial charge >= 0.3 is 0 Å². The minimum Gasteiger partial charge on any atom is -0.396 e. The molecule has 0 radical (unpaired) electrons. The molecular formula is C15H22O2. The second-order valence-electron chi connectivity index (χ2n) is 5.50. The van der Waals surface area contributed by atoms with Crippen molar-refractivity contribution in [1.29, 1.82) is 0 Å². The third-order valence-electron chi connectivity index (χ3n) is 4.11. The average molecular weight is 234 g/mol. The fraction of sp³-hybridized carbons (Fsp3) is 0.600. The fourth-order valence-electron chi connectivity index (χ4n) is 3.05. The van der Waals surface area contributed by atoms with Crippen LogP contribution in [0.2, 0.25) is 0 Å². The normalized spacial score (nSPS) is 20.1. The van der Waals surface area contributed by atoms with Gasteiger partial charge in [-0.1, -0.05) is 38.1 Å². The molecule has 2 rings (SSSR count). The van der Waals surface area contributed by atoms with Crippen LogP contribution in [0.4, 0.5) is 0 Å². The molecule has 1 unspecified atom stereocenters. The lowest BCUT2D eigenvalue weighted by Gasteiger charge is -2.49. The Morgan fingerprint density at radius 2 is 1.94 bits per heavy atom. The van der Waals surface area contributed by atoms with Gasteiger partial charge in [0, 0.05) is 12.0 Å². The van der Waals surface area contributed by atoms with Crippen molar-refractivity contribution in [3.05, 3.63) is 35.4 Å². The first kappa shape index (κ1) is 12.6. The molecule has 1 aromatic carbocycles. The first-order chi connectivity index (χ1) is 8.12. The predicted molar refractivity (Wildman–Crippen MR) is 69.1 cm³/mol. The topological polar surface area (TPSA) is 29.5 Å². The van der Waals surface area contributed by atoms with E-state index in [1.54, 1.807) is 0 Å². The number of hydrogen-bond acceptors (Lipinski definition) is 2. The largest absolute Gasteiger partial charge is 0.396 e. The maximum absolute atomic E-state index is 9.69. The van der Waals surface area contributed by atoms with E-state index in [1.165, 1.54) is 11.1 Å². The van der Waals surface area contributed by atoms with Gasteiger partial charge in [-0.25, -0.2) is 0 Å². The zero-order chi connectivity index (χ0) is 12.5. The Balaban J connectivity index is 2.41. The van der Waals surface area contributed by atoms with E-state index in [0.29, 0.717) is 5.92 Å². The van der Waals surface area contributed by atoms with Gasteiger partial charge in [-0.2, -0.15) is 0 Å². The molecule has 1 aliphatic rings. The van der Waals surface area contributed by atoms with E-state index in [-0.39, 0.29) is 17.9 Å². The molecule has 1 heterocycles. The van der Waals surface area contributed by atoms with Crippen LogP contribution in [0.1, 0.15) is 25.0 Å². The summed E-state index contributed by atoms with van der Waals surface area (Å²) in [6.45, 7) is 8.21. The summed E-state index contributed by atoms with van der Waals surface area (Å²) in [5.74, 6) is 0.737. The Labute approximate surface area is 104 Å². The van der Waals surface area contributed by atoms with E-state index in [2.05, 4.69) is 45.0 Å². The highest BCUT2D eigenvalue weighted by Gasteiger charge is 2.48. The van der Waals surface area contributed by atoms with Gasteiger partial charge in [0.2, 0.25) is 0 Å². The Morgan fingerprint density at radius 3 is 2.35 bits per heavy atom. The first-order valence-corrected chi connectivity index (χ1v) is 6.36. The maximum Gasteiger partial charge on any atom is 0.0589 e. The van der Waals surface area contributed by atoms with Gasteiger partial charge in [0.25, 0.3) is 0 Å². The molecule has 1 fully saturated rings. The predicted octanol–water partition coefficient (Wildman–Crippen LogP) is 2.53. The second-order valence-corrected chi connectivity index (χ2v) is 5.50. The summed E-state index contributed by atoms with van der Waals surface area (Å²) in [6, 6.07) is 8.47. The van der Waals surface area contributed by atoms with Crippen molar-refractivity contribution < 1.29 is 9.84 Å². The molecule has 2 nitrogen and oxygen atoms in total. The summed E-state index contributed by atoms with van der Waals surface area (Å²) in [5, 5.41) is 9.69. The van der Waals surface area contributed by atoms with Gasteiger partial charge in [-0.15, -0.1) is 0 Å². The molecule has 0 aliphatic carbocycles. The molecule has 1 atom stereocenters. The van der Waals surface area contributed by atoms with Gasteiger partial charge in [-0.3, -0.25) is 0 Å². The highest BCUT2D eigenvalue weighted by molar-refractivity contribution is 5.36. The number of hydrogen-bond donors (Lipinski definition) is 1. The molecule has 0 bridgehead atoms. The van der Waals surface area contributed by atoms with Crippen LogP contribution in [0.25, 0.3) is 0 Å². The molecule has 17 heavy (non-hydrogen) atoms. The molecule has 0 amide bonds. The van der Waals surface area contributed by atoms with Gasteiger partial charge in [-0.05, 0) is 29.9 Å². The third-order valence-corrected chi connectivity index (χ3v) is 4.11. The highest BCUT2D eigenvalue weighted by Crippen LogP contribution is 2.43. The van der Waals surface area contributed by atoms with E-state index in [1.807, 2.05) is 0 Å². The summed E-state index contributed by atoms with van der Waals surface area (Å²) in [5.41, 5.74) is 2.67. The van der Waals surface area contributed by atoms with Crippen molar-refractivity contribution in [2.75, 3.05) is 19.8 Å². The van der Waals surface area contributed by atoms with Gasteiger partial charge in [0.1, 0.15) is 0 Å². The first-order valence-electron chi connectivity index (χ1n) is 6.36. The van der Waals surface area contributed by atoms with E-state index >= 15 is 0 Å². The Morgan fingerprint density at radius 1 is 1.29 bits per heavy atom. The zero-order valence-electron chi connectivity index (χ0n) is 10.9. The third kappa shape index (κ3) is 2.00. The second kappa shape index (κ2) is 4.79. The van der Waals surface area contributed by atoms with Gasteiger partial charge < -0.3 is 9.84 Å². The number of aliphatic hydroxyl groups is 1. The van der Waals surface area contributed by atoms with Crippen LogP contribution in [-0.4, -0.2) is 24.9 Å². The molecule has 2 heteroatoms. The van der Waals surface area contributed by atoms with Gasteiger partial charge in [0.05, 0.1) is 13.2 Å². The molecule has 1 saturated heterocycles. The Bertz CT molecular complexity index is 380. The van der Waals surface area contributed by atoms with Crippen LogP contribution < -0.4 is 0 Å². The molecule has 0 saturated carbocycles. The SMILES string of the molecule is Cc1ccccc1C1(C(CO)C(C)C)COC1. The van der Waals surface area contributed by atoms with E-state index < -0.39 is 0 Å². The van der Waals surface area contributed by atoms with Crippen molar-refractivity contribution in [2.24, 2.45) is 11.8 Å². The van der Waals surface area contributed by atoms with Crippen LogP contribution in [0, 0.1) is 18.8 Å². The molecule has 94 valence electrons. The summed E-state index contributed by atoms with van der Waals surface area (Å²) in [6.07, 6.45) is 0. The van der Waals surface area contributed by atoms with Crippen molar-refractivity contribution in [3.8, 4) is 0 Å². The lowest BCUT2D eigenvalue weighted by molar-refractivity contribution is -0.111. The Kier molecular flexibility index (Phi) is 3.55. The van der Waals surface area contributed by atoms with E-state index in [4.69, 9.17) is 4.74 Å². The van der Waals surface area contributed by atoms with Crippen molar-refractivity contribution >= 4 is 0 Å². The van der Waals surface area contributed by atoms with Crippen LogP contribution >= 0.6 is 0 Å². The summed E-state index contributed by atoms with van der Waals surface area (Å²) in [4.78, 5) is 0. The summed E-state index contributed by atoms with van der Waals surface area (Å²) < 4.78 is 5.47. The quantitative estimate of drug-likeness (QED) is 0.867. The van der Waals surface area contributed by atoms with Crippen molar-refractivity contribution in [3.63, 3.8) is 0 Å². The van der Waals surface area contributed by atoms with Gasteiger partial charge in [0.15, 0.2) is 0 Å². The smallest absolute Gasteiger partial charge is 0.0589 e. The lowest BCUT2D eigenvalue weighted by atomic mass is 9.64. The zero-order valence-corrected chi connectivity index (χ0v) is 10.9. The fourth-order valence-corrected chi connectivity index (χ4v) is 3.05. The lowest BCUT2D eigenvalue weighted by Crippen LogP contribution is -2.55. The number of aryl methyl sites for hydroxylation is 1. The number of ether oxygens (including phenoxy) is 1. The molecule has 0 spiro atoms. The Hall–Kier alpha value is -0.860. The monoisotopic (exact) mass is 234 g/mol. The minimum absolute atomic E-state index is 0.0221. The molecular weight excluding hydrogens is 212 g/mol. The van der Waals surface area contributed by atoms with E-state index in [0.717, 1.165) is 13.2 Å². The molecule has 1 aromatic rings. The molecule has 1 N–H and O–H groups in total. The molecule has 0 aromatic heterocycles. The maximum atomic E-state index is 9.69. The van der Waals surface area contributed by atoms with Crippen LogP contribution in [0.15, 0.2) is 24.3 Å². The van der Waals surface area contributed by atoms with E-state index in [9.17, 15) is 5.11 Å².